The van der Waals surface area contributed by atoms with E-state index in [9.17, 15) is 0 Å². The van der Waals surface area contributed by atoms with Gasteiger partial charge in [-0.3, -0.25) is 0 Å². The summed E-state index contributed by atoms with van der Waals surface area (Å²) >= 11 is 3.24. The third-order valence-corrected chi connectivity index (χ3v) is 4.52. The summed E-state index contributed by atoms with van der Waals surface area (Å²) in [6.45, 7) is 4.44. The number of hydrogen-bond donors (Lipinski definition) is 1. The highest BCUT2D eigenvalue weighted by atomic mass is 32.2. The summed E-state index contributed by atoms with van der Waals surface area (Å²) in [5, 5.41) is 10.6. The maximum Gasteiger partial charge on any atom is 0.277 e. The van der Waals surface area contributed by atoms with Gasteiger partial charge in [-0.2, -0.15) is 0 Å². The lowest BCUT2D eigenvalue weighted by Gasteiger charge is -2.10. The molecule has 2 N–H and O–H groups in total. The van der Waals surface area contributed by atoms with Crippen LogP contribution in [0, 0.1) is 13.8 Å². The molecule has 2 heterocycles. The molecule has 0 aliphatic heterocycles. The van der Waals surface area contributed by atoms with E-state index in [1.54, 1.807) is 18.3 Å². The van der Waals surface area contributed by atoms with E-state index in [0.29, 0.717) is 17.7 Å². The van der Waals surface area contributed by atoms with E-state index in [2.05, 4.69) is 28.6 Å². The molecule has 16 heavy (non-hydrogen) atoms. The van der Waals surface area contributed by atoms with Gasteiger partial charge >= 0.3 is 0 Å². The van der Waals surface area contributed by atoms with Gasteiger partial charge in [-0.1, -0.05) is 11.8 Å². The standard InChI is InChI=1S/C10H13N3OS2/c1-6-3-4-15-9(6)8(5-11)16-10-13-12-7(2)14-10/h3-4,8H,5,11H2,1-2H3. The van der Waals surface area contributed by atoms with Crippen molar-refractivity contribution in [2.24, 2.45) is 5.73 Å². The van der Waals surface area contributed by atoms with Crippen molar-refractivity contribution in [2.45, 2.75) is 24.3 Å². The fourth-order valence-electron chi connectivity index (χ4n) is 1.37. The first kappa shape index (κ1) is 11.6. The number of nitrogens with zero attached hydrogens (tertiary/aromatic N) is 2. The lowest BCUT2D eigenvalue weighted by atomic mass is 10.2. The molecule has 86 valence electrons. The van der Waals surface area contributed by atoms with Crippen LogP contribution in [-0.2, 0) is 0 Å². The van der Waals surface area contributed by atoms with Gasteiger partial charge in [0.2, 0.25) is 5.89 Å². The minimum Gasteiger partial charge on any atom is -0.416 e. The first-order chi connectivity index (χ1) is 7.70. The number of aromatic nitrogens is 2. The van der Waals surface area contributed by atoms with Crippen molar-refractivity contribution in [2.75, 3.05) is 6.54 Å². The normalized spacial score (nSPS) is 12.9. The molecule has 2 rings (SSSR count). The minimum absolute atomic E-state index is 0.194. The highest BCUT2D eigenvalue weighted by Gasteiger charge is 2.18. The lowest BCUT2D eigenvalue weighted by molar-refractivity contribution is 0.428. The van der Waals surface area contributed by atoms with Crippen LogP contribution in [-0.4, -0.2) is 16.7 Å². The number of thioether (sulfide) groups is 1. The molecule has 4 nitrogen and oxygen atoms in total. The Balaban J connectivity index is 2.15. The third kappa shape index (κ3) is 2.45. The monoisotopic (exact) mass is 255 g/mol. The van der Waals surface area contributed by atoms with Crippen molar-refractivity contribution >= 4 is 23.1 Å². The van der Waals surface area contributed by atoms with Crippen molar-refractivity contribution in [3.63, 3.8) is 0 Å². The lowest BCUT2D eigenvalue weighted by Crippen LogP contribution is -2.08. The second kappa shape index (κ2) is 4.99. The molecule has 2 aromatic heterocycles. The maximum absolute atomic E-state index is 5.78. The van der Waals surface area contributed by atoms with Gasteiger partial charge in [0, 0.05) is 18.3 Å². The van der Waals surface area contributed by atoms with Crippen LogP contribution in [0.4, 0.5) is 0 Å². The molecule has 0 fully saturated rings. The van der Waals surface area contributed by atoms with E-state index in [0.717, 1.165) is 0 Å². The van der Waals surface area contributed by atoms with Crippen LogP contribution in [0.2, 0.25) is 0 Å². The SMILES string of the molecule is Cc1nnc(SC(CN)c2sccc2C)o1. The van der Waals surface area contributed by atoms with Crippen LogP contribution in [0.1, 0.15) is 21.6 Å². The van der Waals surface area contributed by atoms with Crippen molar-refractivity contribution in [3.05, 3.63) is 27.8 Å². The Hall–Kier alpha value is -0.850. The quantitative estimate of drug-likeness (QED) is 0.850. The molecular formula is C10H13N3OS2. The zero-order valence-electron chi connectivity index (χ0n) is 9.14. The van der Waals surface area contributed by atoms with Crippen LogP contribution in [0.3, 0.4) is 0 Å². The number of hydrogen-bond acceptors (Lipinski definition) is 6. The molecule has 0 aliphatic carbocycles. The first-order valence-electron chi connectivity index (χ1n) is 4.91. The molecule has 0 aliphatic rings. The predicted octanol–water partition coefficient (Wildman–Crippen LogP) is 2.54. The topological polar surface area (TPSA) is 64.9 Å². The second-order valence-corrected chi connectivity index (χ2v) is 5.50. The van der Waals surface area contributed by atoms with Gasteiger partial charge in [0.05, 0.1) is 5.25 Å². The summed E-state index contributed by atoms with van der Waals surface area (Å²) in [6, 6.07) is 2.10. The number of aryl methyl sites for hydroxylation is 2. The van der Waals surface area contributed by atoms with Crippen LogP contribution < -0.4 is 5.73 Å². The van der Waals surface area contributed by atoms with Gasteiger partial charge in [-0.25, -0.2) is 0 Å². The Morgan fingerprint density at radius 1 is 1.50 bits per heavy atom. The average molecular weight is 255 g/mol. The van der Waals surface area contributed by atoms with Crippen LogP contribution in [0.15, 0.2) is 21.1 Å². The number of thiophene rings is 1. The van der Waals surface area contributed by atoms with Crippen LogP contribution in [0.25, 0.3) is 0 Å². The third-order valence-electron chi connectivity index (χ3n) is 2.16. The van der Waals surface area contributed by atoms with Gasteiger partial charge in [0.25, 0.3) is 5.22 Å². The van der Waals surface area contributed by atoms with E-state index in [4.69, 9.17) is 10.2 Å². The Morgan fingerprint density at radius 2 is 2.31 bits per heavy atom. The van der Waals surface area contributed by atoms with Crippen LogP contribution in [0.5, 0.6) is 0 Å². The molecule has 0 aromatic carbocycles. The Bertz CT molecular complexity index is 466. The van der Waals surface area contributed by atoms with Gasteiger partial charge < -0.3 is 10.2 Å². The predicted molar refractivity (Wildman–Crippen MR) is 65.7 cm³/mol. The maximum atomic E-state index is 5.78. The average Bonchev–Trinajstić information content (AvgIpc) is 2.84. The highest BCUT2D eigenvalue weighted by molar-refractivity contribution is 7.99. The summed E-state index contributed by atoms with van der Waals surface area (Å²) in [4.78, 5) is 1.28. The highest BCUT2D eigenvalue weighted by Crippen LogP contribution is 2.37. The van der Waals surface area contributed by atoms with E-state index in [1.165, 1.54) is 22.2 Å². The fourth-order valence-corrected chi connectivity index (χ4v) is 3.49. The molecule has 1 unspecified atom stereocenters. The van der Waals surface area contributed by atoms with Crippen molar-refractivity contribution in [1.29, 1.82) is 0 Å². The minimum atomic E-state index is 0.194. The molecule has 0 amide bonds. The van der Waals surface area contributed by atoms with E-state index in [-0.39, 0.29) is 5.25 Å². The van der Waals surface area contributed by atoms with Crippen LogP contribution >= 0.6 is 23.1 Å². The van der Waals surface area contributed by atoms with Crippen molar-refractivity contribution < 1.29 is 4.42 Å². The van der Waals surface area contributed by atoms with E-state index >= 15 is 0 Å². The molecule has 0 saturated carbocycles. The van der Waals surface area contributed by atoms with E-state index < -0.39 is 0 Å². The largest absolute Gasteiger partial charge is 0.416 e. The molecule has 0 spiro atoms. The summed E-state index contributed by atoms with van der Waals surface area (Å²) in [5.74, 6) is 0.584. The number of nitrogens with two attached hydrogens (primary N) is 1. The number of rotatable bonds is 4. The van der Waals surface area contributed by atoms with Crippen molar-refractivity contribution in [3.8, 4) is 0 Å². The molecular weight excluding hydrogens is 242 g/mol. The van der Waals surface area contributed by atoms with Gasteiger partial charge in [-0.15, -0.1) is 21.5 Å². The summed E-state index contributed by atoms with van der Waals surface area (Å²) < 4.78 is 5.34. The Morgan fingerprint density at radius 3 is 2.81 bits per heavy atom. The Kier molecular flexibility index (Phi) is 3.63. The van der Waals surface area contributed by atoms with Gasteiger partial charge in [0.1, 0.15) is 0 Å². The zero-order chi connectivity index (χ0) is 11.5. The van der Waals surface area contributed by atoms with Gasteiger partial charge in [-0.05, 0) is 23.9 Å². The Labute approximate surface area is 102 Å². The molecule has 1 atom stereocenters. The fraction of sp³-hybridized carbons (Fsp3) is 0.400. The zero-order valence-corrected chi connectivity index (χ0v) is 10.8. The smallest absolute Gasteiger partial charge is 0.277 e. The second-order valence-electron chi connectivity index (χ2n) is 3.40. The molecule has 0 bridgehead atoms. The summed E-state index contributed by atoms with van der Waals surface area (Å²) in [5.41, 5.74) is 7.05. The van der Waals surface area contributed by atoms with Crippen molar-refractivity contribution in [1.82, 2.24) is 10.2 Å². The van der Waals surface area contributed by atoms with Gasteiger partial charge in [0.15, 0.2) is 0 Å². The molecule has 0 radical (unpaired) electrons. The van der Waals surface area contributed by atoms with E-state index in [1.807, 2.05) is 0 Å². The summed E-state index contributed by atoms with van der Waals surface area (Å²) in [6.07, 6.45) is 0. The molecule has 0 saturated heterocycles. The molecule has 2 aromatic rings. The molecule has 6 heteroatoms. The first-order valence-corrected chi connectivity index (χ1v) is 6.67. The summed E-state index contributed by atoms with van der Waals surface area (Å²) in [7, 11) is 0.